The van der Waals surface area contributed by atoms with Crippen LogP contribution in [0, 0.1) is 6.92 Å². The maximum atomic E-state index is 6.19. The molecule has 0 aliphatic heterocycles. The molecule has 1 aromatic heterocycles. The van der Waals surface area contributed by atoms with Gasteiger partial charge < -0.3 is 15.0 Å². The molecule has 0 bridgehead atoms. The first kappa shape index (κ1) is 13.1. The van der Waals surface area contributed by atoms with E-state index in [1.54, 1.807) is 7.11 Å². The highest BCUT2D eigenvalue weighted by molar-refractivity contribution is 5.37. The summed E-state index contributed by atoms with van der Waals surface area (Å²) in [5, 5.41) is 4.02. The highest BCUT2D eigenvalue weighted by Crippen LogP contribution is 2.37. The summed E-state index contributed by atoms with van der Waals surface area (Å²) in [4.78, 5) is 4.43. The van der Waals surface area contributed by atoms with E-state index >= 15 is 0 Å². The fourth-order valence-electron chi connectivity index (χ4n) is 2.46. The van der Waals surface area contributed by atoms with Crippen LogP contribution in [0.5, 0.6) is 5.75 Å². The molecule has 0 radical (unpaired) electrons. The molecule has 1 aliphatic rings. The van der Waals surface area contributed by atoms with Crippen molar-refractivity contribution >= 4 is 0 Å². The van der Waals surface area contributed by atoms with Crippen LogP contribution in [0.2, 0.25) is 0 Å². The topological polar surface area (TPSA) is 74.2 Å². The summed E-state index contributed by atoms with van der Waals surface area (Å²) in [5.41, 5.74) is 8.02. The molecule has 20 heavy (non-hydrogen) atoms. The van der Waals surface area contributed by atoms with E-state index in [-0.39, 0.29) is 5.54 Å². The van der Waals surface area contributed by atoms with Crippen molar-refractivity contribution in [3.8, 4) is 5.75 Å². The van der Waals surface area contributed by atoms with Crippen LogP contribution in [0.3, 0.4) is 0 Å². The van der Waals surface area contributed by atoms with Crippen LogP contribution in [-0.2, 0) is 12.0 Å². The lowest BCUT2D eigenvalue weighted by molar-refractivity contribution is 0.229. The summed E-state index contributed by atoms with van der Waals surface area (Å²) in [7, 11) is 1.67. The van der Waals surface area contributed by atoms with Crippen molar-refractivity contribution in [1.82, 2.24) is 10.1 Å². The summed E-state index contributed by atoms with van der Waals surface area (Å²) in [5.74, 6) is 2.11. The number of methoxy groups -OCH3 is 1. The summed E-state index contributed by atoms with van der Waals surface area (Å²) in [6.45, 7) is 2.02. The average molecular weight is 273 g/mol. The summed E-state index contributed by atoms with van der Waals surface area (Å²) >= 11 is 0. The third-order valence-electron chi connectivity index (χ3n) is 3.99. The van der Waals surface area contributed by atoms with Gasteiger partial charge in [0.15, 0.2) is 5.82 Å². The predicted octanol–water partition coefficient (Wildman–Crippen LogP) is 2.32. The second kappa shape index (κ2) is 4.90. The van der Waals surface area contributed by atoms with Crippen LogP contribution in [0.15, 0.2) is 22.7 Å². The van der Waals surface area contributed by atoms with Crippen molar-refractivity contribution in [2.75, 3.05) is 7.11 Å². The number of benzene rings is 1. The van der Waals surface area contributed by atoms with Crippen LogP contribution < -0.4 is 10.5 Å². The number of nitrogens with two attached hydrogens (primary N) is 1. The van der Waals surface area contributed by atoms with Gasteiger partial charge in [0.1, 0.15) is 5.75 Å². The van der Waals surface area contributed by atoms with E-state index in [9.17, 15) is 0 Å². The zero-order valence-corrected chi connectivity index (χ0v) is 11.8. The molecule has 1 aromatic carbocycles. The Morgan fingerprint density at radius 1 is 1.40 bits per heavy atom. The van der Waals surface area contributed by atoms with E-state index in [2.05, 4.69) is 10.1 Å². The van der Waals surface area contributed by atoms with Gasteiger partial charge in [-0.15, -0.1) is 0 Å². The lowest BCUT2D eigenvalue weighted by atomic mass is 9.77. The van der Waals surface area contributed by atoms with Gasteiger partial charge in [0.05, 0.1) is 19.1 Å². The van der Waals surface area contributed by atoms with Crippen molar-refractivity contribution in [3.63, 3.8) is 0 Å². The Morgan fingerprint density at radius 3 is 2.85 bits per heavy atom. The minimum atomic E-state index is -0.368. The Bertz CT molecular complexity index is 617. The Morgan fingerprint density at radius 2 is 2.20 bits per heavy atom. The van der Waals surface area contributed by atoms with Crippen LogP contribution in [0.1, 0.15) is 42.1 Å². The Labute approximate surface area is 118 Å². The number of aryl methyl sites for hydroxylation is 1. The summed E-state index contributed by atoms with van der Waals surface area (Å²) in [6, 6.07) is 6.08. The Hall–Kier alpha value is -1.88. The average Bonchev–Trinajstić information content (AvgIpc) is 2.87. The van der Waals surface area contributed by atoms with Gasteiger partial charge in [-0.05, 0) is 43.4 Å². The van der Waals surface area contributed by atoms with E-state index < -0.39 is 0 Å². The van der Waals surface area contributed by atoms with Crippen LogP contribution in [0.4, 0.5) is 0 Å². The van der Waals surface area contributed by atoms with Gasteiger partial charge in [-0.25, -0.2) is 0 Å². The molecule has 5 heteroatoms. The van der Waals surface area contributed by atoms with E-state index in [4.69, 9.17) is 15.0 Å². The molecule has 1 aliphatic carbocycles. The number of aromatic nitrogens is 2. The minimum absolute atomic E-state index is 0.368. The van der Waals surface area contributed by atoms with Crippen molar-refractivity contribution in [3.05, 3.63) is 41.0 Å². The Balaban J connectivity index is 1.78. The number of rotatable bonds is 4. The summed E-state index contributed by atoms with van der Waals surface area (Å²) in [6.07, 6.45) is 3.60. The maximum absolute atomic E-state index is 6.19. The first-order valence-corrected chi connectivity index (χ1v) is 6.86. The molecule has 1 saturated carbocycles. The van der Waals surface area contributed by atoms with E-state index in [0.29, 0.717) is 18.1 Å². The number of hydrogen-bond acceptors (Lipinski definition) is 5. The SMILES string of the molecule is COc1cc(Cc2nc(C3(N)CCC3)no2)ccc1C. The first-order valence-electron chi connectivity index (χ1n) is 6.86. The minimum Gasteiger partial charge on any atom is -0.496 e. The second-order valence-corrected chi connectivity index (χ2v) is 5.50. The third-order valence-corrected chi connectivity index (χ3v) is 3.99. The van der Waals surface area contributed by atoms with Gasteiger partial charge in [0.2, 0.25) is 5.89 Å². The smallest absolute Gasteiger partial charge is 0.231 e. The number of nitrogens with zero attached hydrogens (tertiary/aromatic N) is 2. The van der Waals surface area contributed by atoms with Crippen LogP contribution >= 0.6 is 0 Å². The lowest BCUT2D eigenvalue weighted by Gasteiger charge is -2.34. The molecule has 106 valence electrons. The van der Waals surface area contributed by atoms with Crippen molar-refractivity contribution in [1.29, 1.82) is 0 Å². The molecule has 1 heterocycles. The molecular formula is C15H19N3O2. The first-order chi connectivity index (χ1) is 9.60. The van der Waals surface area contributed by atoms with Gasteiger partial charge in [-0.2, -0.15) is 4.98 Å². The fourth-order valence-corrected chi connectivity index (χ4v) is 2.46. The molecule has 0 amide bonds. The van der Waals surface area contributed by atoms with Crippen molar-refractivity contribution in [2.45, 2.75) is 38.1 Å². The van der Waals surface area contributed by atoms with Gasteiger partial charge in [0.25, 0.3) is 0 Å². The molecule has 2 aromatic rings. The van der Waals surface area contributed by atoms with Crippen molar-refractivity contribution < 1.29 is 9.26 Å². The highest BCUT2D eigenvalue weighted by atomic mass is 16.5. The molecule has 0 saturated heterocycles. The molecule has 0 unspecified atom stereocenters. The highest BCUT2D eigenvalue weighted by Gasteiger charge is 2.38. The normalized spacial score (nSPS) is 16.8. The molecule has 3 rings (SSSR count). The third kappa shape index (κ3) is 2.29. The monoisotopic (exact) mass is 273 g/mol. The predicted molar refractivity (Wildman–Crippen MR) is 74.6 cm³/mol. The van der Waals surface area contributed by atoms with Gasteiger partial charge in [0, 0.05) is 0 Å². The van der Waals surface area contributed by atoms with Crippen LogP contribution in [-0.4, -0.2) is 17.3 Å². The zero-order valence-electron chi connectivity index (χ0n) is 11.8. The molecule has 5 nitrogen and oxygen atoms in total. The number of hydrogen-bond donors (Lipinski definition) is 1. The van der Waals surface area contributed by atoms with Gasteiger partial charge in [-0.3, -0.25) is 0 Å². The quantitative estimate of drug-likeness (QED) is 0.925. The van der Waals surface area contributed by atoms with Crippen LogP contribution in [0.25, 0.3) is 0 Å². The Kier molecular flexibility index (Phi) is 3.22. The van der Waals surface area contributed by atoms with Gasteiger partial charge >= 0.3 is 0 Å². The molecule has 1 fully saturated rings. The second-order valence-electron chi connectivity index (χ2n) is 5.50. The van der Waals surface area contributed by atoms with E-state index in [1.165, 1.54) is 0 Å². The van der Waals surface area contributed by atoms with Crippen molar-refractivity contribution in [2.24, 2.45) is 5.73 Å². The van der Waals surface area contributed by atoms with Gasteiger partial charge in [-0.1, -0.05) is 17.3 Å². The lowest BCUT2D eigenvalue weighted by Crippen LogP contribution is -2.44. The standard InChI is InChI=1S/C15H19N3O2/c1-10-4-5-11(8-12(10)19-2)9-13-17-14(18-20-13)15(16)6-3-7-15/h4-5,8H,3,6-7,9,16H2,1-2H3. The zero-order chi connectivity index (χ0) is 14.2. The summed E-state index contributed by atoms with van der Waals surface area (Å²) < 4.78 is 10.6. The van der Waals surface area contributed by atoms with E-state index in [0.717, 1.165) is 36.1 Å². The van der Waals surface area contributed by atoms with E-state index in [1.807, 2.05) is 25.1 Å². The largest absolute Gasteiger partial charge is 0.496 e. The molecular weight excluding hydrogens is 254 g/mol. The molecule has 0 atom stereocenters. The number of ether oxygens (including phenoxy) is 1. The fraction of sp³-hybridized carbons (Fsp3) is 0.467. The maximum Gasteiger partial charge on any atom is 0.231 e. The molecule has 2 N–H and O–H groups in total. The molecule has 0 spiro atoms.